The Bertz CT molecular complexity index is 2570. The minimum Gasteiger partial charge on any atom is -0.453 e. The van der Waals surface area contributed by atoms with Crippen molar-refractivity contribution < 1.29 is 19.1 Å². The molecule has 2 saturated carbocycles. The Labute approximate surface area is 344 Å². The number of hydrogen-bond donors (Lipinski definition) is 3. The number of hydrogen-bond acceptors (Lipinski definition) is 8. The summed E-state index contributed by atoms with van der Waals surface area (Å²) in [4.78, 5) is 62.8. The smallest absolute Gasteiger partial charge is 0.407 e. The molecule has 6 aromatic rings. The fourth-order valence-electron chi connectivity index (χ4n) is 8.90. The van der Waals surface area contributed by atoms with E-state index in [1.54, 1.807) is 11.3 Å². The Hall–Kier alpha value is -5.71. The molecule has 4 atom stereocenters. The lowest BCUT2D eigenvalue weighted by Gasteiger charge is -2.27. The highest BCUT2D eigenvalue weighted by Gasteiger charge is 2.56. The molecule has 0 unspecified atom stereocenters. The number of thiophene rings is 2. The summed E-state index contributed by atoms with van der Waals surface area (Å²) in [5, 5.41) is 6.69. The van der Waals surface area contributed by atoms with Crippen molar-refractivity contribution in [3.8, 4) is 23.1 Å². The number of ether oxygens (including phenoxy) is 1. The highest BCUT2D eigenvalue weighted by atomic mass is 32.1. The van der Waals surface area contributed by atoms with Gasteiger partial charge in [0.25, 0.3) is 5.91 Å². The average molecular weight is 810 g/mol. The molecule has 6 heterocycles. The zero-order valence-electron chi connectivity index (χ0n) is 32.3. The number of H-pyrrole nitrogens is 2. The summed E-state index contributed by atoms with van der Waals surface area (Å²) in [6.45, 7) is 3.45. The molecule has 4 aliphatic rings. The van der Waals surface area contributed by atoms with E-state index in [4.69, 9.17) is 14.7 Å². The fraction of sp³-hybridized carbons (Fsp3) is 0.356. The van der Waals surface area contributed by atoms with E-state index in [1.807, 2.05) is 89.4 Å². The molecule has 3 amide bonds. The first kappa shape index (κ1) is 36.6. The molecule has 4 fully saturated rings. The summed E-state index contributed by atoms with van der Waals surface area (Å²) in [7, 11) is 1.30. The Morgan fingerprint density at radius 1 is 0.828 bits per heavy atom. The molecule has 58 heavy (non-hydrogen) atoms. The highest BCUT2D eigenvalue weighted by Crippen LogP contribution is 2.59. The van der Waals surface area contributed by atoms with Gasteiger partial charge in [-0.3, -0.25) is 9.59 Å². The minimum absolute atomic E-state index is 0.0580. The van der Waals surface area contributed by atoms with Crippen molar-refractivity contribution in [3.05, 3.63) is 116 Å². The van der Waals surface area contributed by atoms with Crippen LogP contribution in [0.4, 0.5) is 4.79 Å². The van der Waals surface area contributed by atoms with Crippen molar-refractivity contribution in [3.63, 3.8) is 0 Å². The molecule has 2 aliphatic heterocycles. The van der Waals surface area contributed by atoms with E-state index < -0.39 is 12.1 Å². The number of aromatic nitrogens is 4. The van der Waals surface area contributed by atoms with Crippen LogP contribution < -0.4 is 5.32 Å². The van der Waals surface area contributed by atoms with Crippen LogP contribution >= 0.6 is 22.7 Å². The van der Waals surface area contributed by atoms with Gasteiger partial charge in [-0.05, 0) is 115 Å². The van der Waals surface area contributed by atoms with Crippen LogP contribution in [0.3, 0.4) is 0 Å². The monoisotopic (exact) mass is 809 g/mol. The number of fused-ring (bicyclic) bond motifs is 1. The normalized spacial score (nSPS) is 20.9. The molecule has 294 valence electrons. The van der Waals surface area contributed by atoms with Gasteiger partial charge in [0.15, 0.2) is 0 Å². The molecule has 4 aromatic heterocycles. The Kier molecular flexibility index (Phi) is 9.02. The molecule has 13 heteroatoms. The van der Waals surface area contributed by atoms with E-state index in [0.717, 1.165) is 87.0 Å². The maximum absolute atomic E-state index is 14.1. The zero-order chi connectivity index (χ0) is 39.6. The lowest BCUT2D eigenvalue weighted by molar-refractivity contribution is -0.135. The van der Waals surface area contributed by atoms with Gasteiger partial charge in [0.05, 0.1) is 48.0 Å². The number of carbonyl (C=O) groups is 3. The molecular weight excluding hydrogens is 767 g/mol. The number of aromatic amines is 2. The van der Waals surface area contributed by atoms with Crippen molar-refractivity contribution in [2.45, 2.75) is 69.5 Å². The van der Waals surface area contributed by atoms with E-state index in [1.165, 1.54) is 31.3 Å². The second-order valence-electron chi connectivity index (χ2n) is 16.6. The predicted molar refractivity (Wildman–Crippen MR) is 223 cm³/mol. The van der Waals surface area contributed by atoms with E-state index in [9.17, 15) is 14.4 Å². The molecule has 0 radical (unpaired) electrons. The third kappa shape index (κ3) is 6.88. The minimum atomic E-state index is -0.828. The van der Waals surface area contributed by atoms with E-state index in [2.05, 4.69) is 38.1 Å². The second-order valence-corrected chi connectivity index (χ2v) is 18.5. The molecular formula is C45H43N7O4S2. The van der Waals surface area contributed by atoms with Gasteiger partial charge in [-0.15, -0.1) is 22.7 Å². The summed E-state index contributed by atoms with van der Waals surface area (Å²) < 4.78 is 4.86. The molecule has 2 saturated heterocycles. The first-order valence-electron chi connectivity index (χ1n) is 19.9. The number of nitrogens with one attached hydrogen (secondary N) is 3. The van der Waals surface area contributed by atoms with Crippen molar-refractivity contribution >= 4 is 51.6 Å². The molecule has 10 rings (SSSR count). The van der Waals surface area contributed by atoms with Crippen LogP contribution in [0.1, 0.15) is 102 Å². The van der Waals surface area contributed by atoms with Crippen LogP contribution in [-0.2, 0) is 14.3 Å². The maximum atomic E-state index is 14.1. The molecule has 0 bridgehead atoms. The third-order valence-electron chi connectivity index (χ3n) is 12.6. The fourth-order valence-corrected chi connectivity index (χ4v) is 10.4. The zero-order valence-corrected chi connectivity index (χ0v) is 33.9. The van der Waals surface area contributed by atoms with Crippen LogP contribution in [0.2, 0.25) is 0 Å². The van der Waals surface area contributed by atoms with E-state index >= 15 is 0 Å². The summed E-state index contributed by atoms with van der Waals surface area (Å²) in [6, 6.07) is 20.8. The van der Waals surface area contributed by atoms with Gasteiger partial charge in [-0.1, -0.05) is 36.1 Å². The maximum Gasteiger partial charge on any atom is 0.407 e. The number of benzene rings is 2. The molecule has 2 spiro atoms. The van der Waals surface area contributed by atoms with Crippen LogP contribution in [-0.4, -0.2) is 67.8 Å². The average Bonchev–Trinajstić information content (AvgIpc) is 3.75. The topological polar surface area (TPSA) is 136 Å². The number of likely N-dealkylation sites (tertiary alicyclic amines) is 2. The standard InChI is InChI=1S/C45H43N7O4S2/c1-27(36-5-3-19-57-36)41(53)51-25-45(17-18-45)23-35(51)40-47-31-14-11-29(21-32(31)48-40)8-7-28-9-12-30(13-10-28)33-24-46-39(49-33)34-22-44(15-16-44)26-52(34)42(54)38(50-43(55)56-2)37-6-4-20-58-37/h3-6,9-14,19-21,24,27,34-35,38H,15-18,22-23,25-26H2,1-2H3,(H,46,49)(H,47,48)(H,50,55)/t27-,34+,35+,38-/m1/s1. The lowest BCUT2D eigenvalue weighted by atomic mass is 10.0. The van der Waals surface area contributed by atoms with Gasteiger partial charge < -0.3 is 29.8 Å². The second kappa shape index (κ2) is 14.3. The summed E-state index contributed by atoms with van der Waals surface area (Å²) in [6.07, 6.45) is 7.45. The molecule has 3 N–H and O–H groups in total. The predicted octanol–water partition coefficient (Wildman–Crippen LogP) is 8.48. The van der Waals surface area contributed by atoms with E-state index in [-0.39, 0.29) is 40.6 Å². The van der Waals surface area contributed by atoms with Gasteiger partial charge in [0.1, 0.15) is 17.7 Å². The summed E-state index contributed by atoms with van der Waals surface area (Å²) >= 11 is 3.07. The molecule has 2 aliphatic carbocycles. The van der Waals surface area contributed by atoms with Gasteiger partial charge >= 0.3 is 6.09 Å². The Morgan fingerprint density at radius 2 is 1.47 bits per heavy atom. The van der Waals surface area contributed by atoms with Gasteiger partial charge in [0.2, 0.25) is 5.91 Å². The van der Waals surface area contributed by atoms with Crippen molar-refractivity contribution in [1.82, 2.24) is 35.1 Å². The van der Waals surface area contributed by atoms with Crippen molar-refractivity contribution in [2.24, 2.45) is 10.8 Å². The largest absolute Gasteiger partial charge is 0.453 e. The Balaban J connectivity index is 0.836. The number of carbonyl (C=O) groups excluding carboxylic acids is 3. The number of alkyl carbamates (subject to hydrolysis) is 1. The van der Waals surface area contributed by atoms with Gasteiger partial charge in [-0.25, -0.2) is 14.8 Å². The highest BCUT2D eigenvalue weighted by molar-refractivity contribution is 7.10. The number of methoxy groups -OCH3 is 1. The number of nitrogens with zero attached hydrogens (tertiary/aromatic N) is 4. The quantitative estimate of drug-likeness (QED) is 0.132. The lowest BCUT2D eigenvalue weighted by Crippen LogP contribution is -2.43. The van der Waals surface area contributed by atoms with Crippen LogP contribution in [0.5, 0.6) is 0 Å². The van der Waals surface area contributed by atoms with Gasteiger partial charge in [0, 0.05) is 34.0 Å². The van der Waals surface area contributed by atoms with Crippen LogP contribution in [0, 0.1) is 22.7 Å². The number of imidazole rings is 2. The third-order valence-corrected chi connectivity index (χ3v) is 14.6. The van der Waals surface area contributed by atoms with Crippen molar-refractivity contribution in [2.75, 3.05) is 20.2 Å². The molecule has 11 nitrogen and oxygen atoms in total. The summed E-state index contributed by atoms with van der Waals surface area (Å²) in [5.74, 6) is 8.08. The SMILES string of the molecule is COC(=O)N[C@@H](C(=O)N1CC2(CC2)C[C@H]1c1ncc(-c2ccc(C#Cc3ccc4nc([C@@H]5CC6(CC6)CN5C(=O)[C@H](C)c5cccs5)[nH]c4c3)cc2)[nH]1)c1cccs1. The van der Waals surface area contributed by atoms with Gasteiger partial charge in [-0.2, -0.15) is 0 Å². The van der Waals surface area contributed by atoms with Crippen LogP contribution in [0.15, 0.2) is 83.7 Å². The number of rotatable bonds is 8. The first-order chi connectivity index (χ1) is 28.2. The first-order valence-corrected chi connectivity index (χ1v) is 21.6. The summed E-state index contributed by atoms with van der Waals surface area (Å²) in [5.41, 5.74) is 5.70. The van der Waals surface area contributed by atoms with Crippen molar-refractivity contribution in [1.29, 1.82) is 0 Å². The molecule has 2 aromatic carbocycles. The van der Waals surface area contributed by atoms with Crippen LogP contribution in [0.25, 0.3) is 22.3 Å². The Morgan fingerprint density at radius 3 is 2.12 bits per heavy atom. The number of amides is 3. The van der Waals surface area contributed by atoms with E-state index in [0.29, 0.717) is 6.54 Å².